The Morgan fingerprint density at radius 2 is 1.19 bits per heavy atom. The molecule has 0 aliphatic heterocycles. The van der Waals surface area contributed by atoms with E-state index in [4.69, 9.17) is 0 Å². The maximum Gasteiger partial charge on any atom is 0.107 e. The van der Waals surface area contributed by atoms with Gasteiger partial charge in [-0.2, -0.15) is 0 Å². The molecule has 16 heavy (non-hydrogen) atoms. The quantitative estimate of drug-likeness (QED) is 0.631. The predicted molar refractivity (Wildman–Crippen MR) is 76.1 cm³/mol. The SMILES string of the molecule is BCc1cc(C(C)(C)C)cc(C(C)(C)C)c1. The molecule has 1 rings (SSSR count). The highest BCUT2D eigenvalue weighted by Gasteiger charge is 2.19. The van der Waals surface area contributed by atoms with Gasteiger partial charge in [-0.25, -0.2) is 0 Å². The monoisotopic (exact) mass is 216 g/mol. The molecule has 0 nitrogen and oxygen atoms in total. The van der Waals surface area contributed by atoms with Gasteiger partial charge in [0.05, 0.1) is 0 Å². The second-order valence-electron chi connectivity index (χ2n) is 6.77. The molecule has 0 radical (unpaired) electrons. The highest BCUT2D eigenvalue weighted by Crippen LogP contribution is 2.30. The molecule has 0 unspecified atom stereocenters. The lowest BCUT2D eigenvalue weighted by Crippen LogP contribution is -2.17. The van der Waals surface area contributed by atoms with Gasteiger partial charge in [-0.1, -0.05) is 71.6 Å². The fraction of sp³-hybridized carbons (Fsp3) is 0.600. The summed E-state index contributed by atoms with van der Waals surface area (Å²) in [4.78, 5) is 0. The molecule has 0 aromatic heterocycles. The van der Waals surface area contributed by atoms with Gasteiger partial charge < -0.3 is 0 Å². The smallest absolute Gasteiger partial charge is 0.0566 e. The van der Waals surface area contributed by atoms with Gasteiger partial charge >= 0.3 is 0 Å². The van der Waals surface area contributed by atoms with Gasteiger partial charge in [-0.3, -0.25) is 0 Å². The highest BCUT2D eigenvalue weighted by molar-refractivity contribution is 6.08. The summed E-state index contributed by atoms with van der Waals surface area (Å²) in [6.45, 7) is 13.7. The number of hydrogen-bond acceptors (Lipinski definition) is 0. The highest BCUT2D eigenvalue weighted by atomic mass is 14.2. The molecule has 0 spiro atoms. The van der Waals surface area contributed by atoms with Crippen LogP contribution in [0.5, 0.6) is 0 Å². The zero-order valence-corrected chi connectivity index (χ0v) is 11.9. The van der Waals surface area contributed by atoms with E-state index in [1.165, 1.54) is 16.7 Å². The standard InChI is InChI=1S/C15H25B/c1-14(2,3)12-7-11(10-16)8-13(9-12)15(4,5)6/h7-9H,10,16H2,1-6H3. The van der Waals surface area contributed by atoms with E-state index in [-0.39, 0.29) is 10.8 Å². The van der Waals surface area contributed by atoms with Gasteiger partial charge in [-0.05, 0) is 22.0 Å². The molecule has 88 valence electrons. The topological polar surface area (TPSA) is 0 Å². The van der Waals surface area contributed by atoms with Crippen molar-refractivity contribution in [1.82, 2.24) is 0 Å². The Hall–Kier alpha value is -0.715. The van der Waals surface area contributed by atoms with Crippen molar-refractivity contribution in [3.8, 4) is 0 Å². The fourth-order valence-corrected chi connectivity index (χ4v) is 1.76. The number of rotatable bonds is 1. The van der Waals surface area contributed by atoms with E-state index in [1.807, 2.05) is 0 Å². The van der Waals surface area contributed by atoms with E-state index in [2.05, 4.69) is 67.6 Å². The first-order valence-corrected chi connectivity index (χ1v) is 6.29. The summed E-state index contributed by atoms with van der Waals surface area (Å²) in [5, 5.41) is 0. The van der Waals surface area contributed by atoms with Crippen LogP contribution in [0, 0.1) is 0 Å². The Balaban J connectivity index is 3.33. The van der Waals surface area contributed by atoms with Crippen molar-refractivity contribution in [2.75, 3.05) is 0 Å². The molecule has 0 atom stereocenters. The number of hydrogen-bond donors (Lipinski definition) is 0. The molecule has 0 fully saturated rings. The Labute approximate surface area is 102 Å². The molecule has 0 saturated heterocycles. The van der Waals surface area contributed by atoms with Gasteiger partial charge in [0.25, 0.3) is 0 Å². The molecule has 1 aromatic rings. The van der Waals surface area contributed by atoms with Crippen LogP contribution in [0.1, 0.15) is 58.2 Å². The minimum atomic E-state index is 0.241. The molecule has 1 heteroatoms. The third kappa shape index (κ3) is 3.14. The summed E-state index contributed by atoms with van der Waals surface area (Å²) in [6, 6.07) is 7.09. The second-order valence-corrected chi connectivity index (χ2v) is 6.77. The van der Waals surface area contributed by atoms with E-state index >= 15 is 0 Å². The first kappa shape index (κ1) is 13.4. The summed E-state index contributed by atoms with van der Waals surface area (Å²) < 4.78 is 0. The zero-order valence-electron chi connectivity index (χ0n) is 11.9. The van der Waals surface area contributed by atoms with Crippen LogP contribution in [-0.4, -0.2) is 7.85 Å². The van der Waals surface area contributed by atoms with Crippen LogP contribution < -0.4 is 0 Å². The lowest BCUT2D eigenvalue weighted by molar-refractivity contribution is 0.567. The first-order chi connectivity index (χ1) is 7.14. The van der Waals surface area contributed by atoms with E-state index < -0.39 is 0 Å². The normalized spacial score (nSPS) is 12.9. The van der Waals surface area contributed by atoms with Crippen LogP contribution in [0.25, 0.3) is 0 Å². The van der Waals surface area contributed by atoms with Crippen molar-refractivity contribution in [2.45, 2.75) is 58.7 Å². The van der Waals surface area contributed by atoms with Crippen molar-refractivity contribution in [3.05, 3.63) is 34.9 Å². The molecule has 1 aromatic carbocycles. The van der Waals surface area contributed by atoms with Crippen LogP contribution >= 0.6 is 0 Å². The Kier molecular flexibility index (Phi) is 3.57. The van der Waals surface area contributed by atoms with E-state index in [9.17, 15) is 0 Å². The average molecular weight is 216 g/mol. The van der Waals surface area contributed by atoms with Crippen LogP contribution in [0.4, 0.5) is 0 Å². The van der Waals surface area contributed by atoms with Gasteiger partial charge in [0.15, 0.2) is 0 Å². The molecule has 0 saturated carbocycles. The number of benzene rings is 1. The summed E-state index contributed by atoms with van der Waals surface area (Å²) in [6.07, 6.45) is 1.12. The predicted octanol–water partition coefficient (Wildman–Crippen LogP) is 3.41. The molecule has 0 amide bonds. The van der Waals surface area contributed by atoms with Crippen LogP contribution in [0.2, 0.25) is 0 Å². The Morgan fingerprint density at radius 1 is 0.812 bits per heavy atom. The molecular weight excluding hydrogens is 191 g/mol. The largest absolute Gasteiger partial charge is 0.107 e. The van der Waals surface area contributed by atoms with Crippen LogP contribution in [-0.2, 0) is 17.2 Å². The Morgan fingerprint density at radius 3 is 1.44 bits per heavy atom. The summed E-state index contributed by atoms with van der Waals surface area (Å²) >= 11 is 0. The van der Waals surface area contributed by atoms with E-state index in [0.29, 0.717) is 0 Å². The minimum absolute atomic E-state index is 0.241. The lowest BCUT2D eigenvalue weighted by Gasteiger charge is -2.26. The molecule has 0 bridgehead atoms. The van der Waals surface area contributed by atoms with Crippen molar-refractivity contribution < 1.29 is 0 Å². The molecular formula is C15H25B. The maximum absolute atomic E-state index is 2.37. The Bertz CT molecular complexity index is 332. The fourth-order valence-electron chi connectivity index (χ4n) is 1.76. The van der Waals surface area contributed by atoms with Crippen molar-refractivity contribution in [2.24, 2.45) is 0 Å². The molecule has 0 heterocycles. The van der Waals surface area contributed by atoms with Crippen molar-refractivity contribution in [3.63, 3.8) is 0 Å². The second kappa shape index (κ2) is 4.27. The van der Waals surface area contributed by atoms with Gasteiger partial charge in [-0.15, -0.1) is 0 Å². The molecule has 0 N–H and O–H groups in total. The van der Waals surface area contributed by atoms with E-state index in [1.54, 1.807) is 0 Å². The first-order valence-electron chi connectivity index (χ1n) is 6.29. The summed E-state index contributed by atoms with van der Waals surface area (Å²) in [5.74, 6) is 0. The van der Waals surface area contributed by atoms with Crippen LogP contribution in [0.3, 0.4) is 0 Å². The molecule has 0 aliphatic carbocycles. The third-order valence-electron chi connectivity index (χ3n) is 3.13. The summed E-state index contributed by atoms with van der Waals surface area (Å²) in [7, 11) is 2.23. The summed E-state index contributed by atoms with van der Waals surface area (Å²) in [5.41, 5.74) is 4.85. The zero-order chi connectivity index (χ0) is 12.6. The van der Waals surface area contributed by atoms with Crippen LogP contribution in [0.15, 0.2) is 18.2 Å². The van der Waals surface area contributed by atoms with Crippen molar-refractivity contribution >= 4 is 7.85 Å². The van der Waals surface area contributed by atoms with Crippen molar-refractivity contribution in [1.29, 1.82) is 0 Å². The van der Waals surface area contributed by atoms with E-state index in [0.717, 1.165) is 6.32 Å². The average Bonchev–Trinajstić information content (AvgIpc) is 2.14. The third-order valence-corrected chi connectivity index (χ3v) is 3.13. The van der Waals surface area contributed by atoms with Gasteiger partial charge in [0.1, 0.15) is 7.85 Å². The molecule has 0 aliphatic rings. The van der Waals surface area contributed by atoms with Gasteiger partial charge in [0, 0.05) is 0 Å². The maximum atomic E-state index is 2.37. The minimum Gasteiger partial charge on any atom is -0.0566 e. The van der Waals surface area contributed by atoms with Gasteiger partial charge in [0.2, 0.25) is 0 Å². The lowest BCUT2D eigenvalue weighted by atomic mass is 9.78.